The summed E-state index contributed by atoms with van der Waals surface area (Å²) in [5, 5.41) is 15.8. The van der Waals surface area contributed by atoms with E-state index in [2.05, 4.69) is 20.9 Å². The third kappa shape index (κ3) is 5.25. The van der Waals surface area contributed by atoms with Crippen LogP contribution in [0.1, 0.15) is 15.4 Å². The summed E-state index contributed by atoms with van der Waals surface area (Å²) in [6.45, 7) is 3.30. The van der Waals surface area contributed by atoms with Crippen LogP contribution in [0.15, 0.2) is 23.7 Å². The molecule has 0 aliphatic carbocycles. The Balaban J connectivity index is 1.71. The molecule has 0 saturated carbocycles. The molecule has 114 valence electrons. The van der Waals surface area contributed by atoms with Gasteiger partial charge in [0.2, 0.25) is 0 Å². The van der Waals surface area contributed by atoms with Crippen LogP contribution < -0.4 is 10.6 Å². The lowest BCUT2D eigenvalue weighted by molar-refractivity contribution is 0.0948. The van der Waals surface area contributed by atoms with E-state index in [0.29, 0.717) is 31.9 Å². The number of hydrogen-bond donors (Lipinski definition) is 2. The zero-order chi connectivity index (χ0) is 14.9. The van der Waals surface area contributed by atoms with E-state index in [0.717, 1.165) is 6.54 Å². The highest BCUT2D eigenvalue weighted by atomic mass is 32.1. The maximum absolute atomic E-state index is 11.9. The van der Waals surface area contributed by atoms with Crippen LogP contribution in [0.3, 0.4) is 0 Å². The average Bonchev–Trinajstić information content (AvgIpc) is 3.15. The zero-order valence-electron chi connectivity index (χ0n) is 11.9. The standard InChI is InChI=1S/C13H19N5O2S/c1-20-7-6-14-4-5-15-13(19)12-10-18(17-16-12)9-11-3-2-8-21-11/h2-3,8,10,14H,4-7,9H2,1H3,(H,15,19). The van der Waals surface area contributed by atoms with Gasteiger partial charge in [0, 0.05) is 31.6 Å². The summed E-state index contributed by atoms with van der Waals surface area (Å²) in [5.74, 6) is -0.207. The molecule has 0 saturated heterocycles. The van der Waals surface area contributed by atoms with Crippen molar-refractivity contribution >= 4 is 17.2 Å². The van der Waals surface area contributed by atoms with Crippen LogP contribution >= 0.6 is 11.3 Å². The average molecular weight is 309 g/mol. The number of thiophene rings is 1. The maximum atomic E-state index is 11.9. The van der Waals surface area contributed by atoms with Crippen LogP contribution in [0.4, 0.5) is 0 Å². The maximum Gasteiger partial charge on any atom is 0.273 e. The summed E-state index contributed by atoms with van der Waals surface area (Å²) in [6.07, 6.45) is 1.66. The van der Waals surface area contributed by atoms with E-state index in [1.54, 1.807) is 29.3 Å². The fourth-order valence-corrected chi connectivity index (χ4v) is 2.39. The Hall–Kier alpha value is -1.77. The van der Waals surface area contributed by atoms with Crippen molar-refractivity contribution in [1.29, 1.82) is 0 Å². The number of rotatable bonds is 9. The molecular formula is C13H19N5O2S. The summed E-state index contributed by atoms with van der Waals surface area (Å²) in [5.41, 5.74) is 0.337. The van der Waals surface area contributed by atoms with Gasteiger partial charge in [-0.05, 0) is 11.4 Å². The lowest BCUT2D eigenvalue weighted by atomic mass is 10.4. The zero-order valence-corrected chi connectivity index (χ0v) is 12.7. The molecule has 0 bridgehead atoms. The van der Waals surface area contributed by atoms with E-state index in [-0.39, 0.29) is 5.91 Å². The molecule has 0 fully saturated rings. The van der Waals surface area contributed by atoms with E-state index >= 15 is 0 Å². The summed E-state index contributed by atoms with van der Waals surface area (Å²) in [4.78, 5) is 13.0. The van der Waals surface area contributed by atoms with Gasteiger partial charge in [0.25, 0.3) is 5.91 Å². The Morgan fingerprint density at radius 1 is 1.43 bits per heavy atom. The van der Waals surface area contributed by atoms with E-state index in [1.807, 2.05) is 17.5 Å². The van der Waals surface area contributed by atoms with Crippen molar-refractivity contribution in [1.82, 2.24) is 25.6 Å². The van der Waals surface area contributed by atoms with Gasteiger partial charge in [-0.15, -0.1) is 16.4 Å². The molecule has 2 heterocycles. The number of hydrogen-bond acceptors (Lipinski definition) is 6. The van der Waals surface area contributed by atoms with Crippen LogP contribution in [0.2, 0.25) is 0 Å². The highest BCUT2D eigenvalue weighted by Gasteiger charge is 2.10. The molecule has 0 radical (unpaired) electrons. The predicted octanol–water partition coefficient (Wildman–Crippen LogP) is 0.354. The summed E-state index contributed by atoms with van der Waals surface area (Å²) in [6, 6.07) is 4.01. The topological polar surface area (TPSA) is 81.1 Å². The Bertz CT molecular complexity index is 541. The second-order valence-electron chi connectivity index (χ2n) is 4.38. The van der Waals surface area contributed by atoms with Crippen molar-refractivity contribution in [2.24, 2.45) is 0 Å². The van der Waals surface area contributed by atoms with Crippen LogP contribution in [0.25, 0.3) is 0 Å². The monoisotopic (exact) mass is 309 g/mol. The molecule has 2 N–H and O–H groups in total. The van der Waals surface area contributed by atoms with Crippen molar-refractivity contribution in [2.45, 2.75) is 6.54 Å². The van der Waals surface area contributed by atoms with Gasteiger partial charge in [0.05, 0.1) is 19.3 Å². The normalized spacial score (nSPS) is 10.7. The number of carbonyl (C=O) groups is 1. The van der Waals surface area contributed by atoms with Crippen LogP contribution in [-0.2, 0) is 11.3 Å². The SMILES string of the molecule is COCCNCCNC(=O)c1cn(Cc2cccs2)nn1. The quantitative estimate of drug-likeness (QED) is 0.654. The molecule has 21 heavy (non-hydrogen) atoms. The number of nitrogens with one attached hydrogen (secondary N) is 2. The van der Waals surface area contributed by atoms with Gasteiger partial charge in [-0.1, -0.05) is 11.3 Å². The second kappa shape index (κ2) is 8.50. The number of carbonyl (C=O) groups excluding carboxylic acids is 1. The van der Waals surface area contributed by atoms with Gasteiger partial charge in [0.1, 0.15) is 0 Å². The Morgan fingerprint density at radius 3 is 3.10 bits per heavy atom. The first-order valence-electron chi connectivity index (χ1n) is 6.70. The summed E-state index contributed by atoms with van der Waals surface area (Å²) in [7, 11) is 1.66. The summed E-state index contributed by atoms with van der Waals surface area (Å²) < 4.78 is 6.58. The van der Waals surface area contributed by atoms with Crippen LogP contribution in [-0.4, -0.2) is 54.3 Å². The fourth-order valence-electron chi connectivity index (χ4n) is 1.70. The van der Waals surface area contributed by atoms with Crippen molar-refractivity contribution in [3.05, 3.63) is 34.3 Å². The van der Waals surface area contributed by atoms with E-state index in [9.17, 15) is 4.79 Å². The molecule has 0 aliphatic heterocycles. The third-order valence-electron chi connectivity index (χ3n) is 2.74. The highest BCUT2D eigenvalue weighted by Crippen LogP contribution is 2.09. The molecular weight excluding hydrogens is 290 g/mol. The molecule has 2 aromatic heterocycles. The predicted molar refractivity (Wildman–Crippen MR) is 80.5 cm³/mol. The first-order chi connectivity index (χ1) is 10.3. The van der Waals surface area contributed by atoms with Crippen LogP contribution in [0.5, 0.6) is 0 Å². The molecule has 0 atom stereocenters. The lowest BCUT2D eigenvalue weighted by Crippen LogP contribution is -2.33. The second-order valence-corrected chi connectivity index (χ2v) is 5.41. The van der Waals surface area contributed by atoms with E-state index < -0.39 is 0 Å². The Morgan fingerprint density at radius 2 is 2.33 bits per heavy atom. The molecule has 0 aliphatic rings. The number of nitrogens with zero attached hydrogens (tertiary/aromatic N) is 3. The van der Waals surface area contributed by atoms with Gasteiger partial charge in [-0.25, -0.2) is 4.68 Å². The Kier molecular flexibility index (Phi) is 6.32. The minimum Gasteiger partial charge on any atom is -0.383 e. The van der Waals surface area contributed by atoms with Crippen molar-refractivity contribution in [3.63, 3.8) is 0 Å². The fraction of sp³-hybridized carbons (Fsp3) is 0.462. The number of aromatic nitrogens is 3. The first-order valence-corrected chi connectivity index (χ1v) is 7.58. The molecule has 8 heteroatoms. The molecule has 7 nitrogen and oxygen atoms in total. The van der Waals surface area contributed by atoms with Crippen LogP contribution in [0, 0.1) is 0 Å². The van der Waals surface area contributed by atoms with Gasteiger partial charge in [-0.3, -0.25) is 4.79 Å². The van der Waals surface area contributed by atoms with Crippen molar-refractivity contribution in [3.8, 4) is 0 Å². The van der Waals surface area contributed by atoms with E-state index in [4.69, 9.17) is 4.74 Å². The van der Waals surface area contributed by atoms with Crippen molar-refractivity contribution in [2.75, 3.05) is 33.4 Å². The van der Waals surface area contributed by atoms with E-state index in [1.165, 1.54) is 4.88 Å². The molecule has 2 aromatic rings. The smallest absolute Gasteiger partial charge is 0.273 e. The highest BCUT2D eigenvalue weighted by molar-refractivity contribution is 7.09. The van der Waals surface area contributed by atoms with Gasteiger partial charge in [0.15, 0.2) is 5.69 Å². The van der Waals surface area contributed by atoms with Gasteiger partial charge >= 0.3 is 0 Å². The lowest BCUT2D eigenvalue weighted by Gasteiger charge is -2.04. The molecule has 0 aromatic carbocycles. The minimum absolute atomic E-state index is 0.207. The number of amides is 1. The Labute approximate surface area is 127 Å². The molecule has 0 spiro atoms. The molecule has 0 unspecified atom stereocenters. The first kappa shape index (κ1) is 15.6. The van der Waals surface area contributed by atoms with Gasteiger partial charge < -0.3 is 15.4 Å². The number of ether oxygens (including phenoxy) is 1. The third-order valence-corrected chi connectivity index (χ3v) is 3.60. The minimum atomic E-state index is -0.207. The van der Waals surface area contributed by atoms with Crippen molar-refractivity contribution < 1.29 is 9.53 Å². The van der Waals surface area contributed by atoms with Gasteiger partial charge in [-0.2, -0.15) is 0 Å². The molecule has 2 rings (SSSR count). The number of methoxy groups -OCH3 is 1. The largest absolute Gasteiger partial charge is 0.383 e. The molecule has 1 amide bonds. The summed E-state index contributed by atoms with van der Waals surface area (Å²) >= 11 is 1.65.